The molecular formula is C30H34ClN3O4. The van der Waals surface area contributed by atoms with E-state index in [9.17, 15) is 15.0 Å². The summed E-state index contributed by atoms with van der Waals surface area (Å²) in [6.45, 7) is 1.69. The Morgan fingerprint density at radius 2 is 1.84 bits per heavy atom. The molecule has 2 N–H and O–H groups in total. The molecule has 3 aromatic rings. The first-order valence-electron chi connectivity index (χ1n) is 13.4. The summed E-state index contributed by atoms with van der Waals surface area (Å²) in [6, 6.07) is 15.6. The van der Waals surface area contributed by atoms with Gasteiger partial charge in [0.15, 0.2) is 0 Å². The molecule has 1 aliphatic carbocycles. The zero-order valence-corrected chi connectivity index (χ0v) is 22.2. The van der Waals surface area contributed by atoms with Crippen LogP contribution in [0.1, 0.15) is 68.1 Å². The smallest absolute Gasteiger partial charge is 0.307 e. The summed E-state index contributed by atoms with van der Waals surface area (Å²) < 4.78 is 5.54. The van der Waals surface area contributed by atoms with Crippen molar-refractivity contribution in [2.24, 2.45) is 5.92 Å². The molecule has 1 aliphatic heterocycles. The third kappa shape index (κ3) is 6.17. The van der Waals surface area contributed by atoms with E-state index in [0.717, 1.165) is 42.0 Å². The van der Waals surface area contributed by atoms with E-state index in [-0.39, 0.29) is 11.3 Å². The second-order valence-electron chi connectivity index (χ2n) is 10.6. The van der Waals surface area contributed by atoms with Crippen molar-refractivity contribution in [2.45, 2.75) is 56.5 Å². The highest BCUT2D eigenvalue weighted by atomic mass is 35.5. The molecule has 2 fully saturated rings. The highest BCUT2D eigenvalue weighted by Gasteiger charge is 2.31. The van der Waals surface area contributed by atoms with Gasteiger partial charge in [-0.1, -0.05) is 78.5 Å². The third-order valence-electron chi connectivity index (χ3n) is 7.99. The van der Waals surface area contributed by atoms with Gasteiger partial charge in [-0.25, -0.2) is 0 Å². The van der Waals surface area contributed by atoms with Crippen LogP contribution in [0.3, 0.4) is 0 Å². The van der Waals surface area contributed by atoms with Crippen LogP contribution in [0.25, 0.3) is 17.5 Å². The van der Waals surface area contributed by atoms with Crippen molar-refractivity contribution in [1.82, 2.24) is 15.0 Å². The van der Waals surface area contributed by atoms with Gasteiger partial charge in [0.25, 0.3) is 5.89 Å². The lowest BCUT2D eigenvalue weighted by atomic mass is 9.69. The predicted octanol–water partition coefficient (Wildman–Crippen LogP) is 6.14. The lowest BCUT2D eigenvalue weighted by Gasteiger charge is -2.35. The number of β-amino-alcohol motifs (C(OH)–C–C–N with tert-alkyl or cyclic N) is 1. The number of rotatable bonds is 8. The van der Waals surface area contributed by atoms with E-state index in [1.165, 1.54) is 24.8 Å². The lowest BCUT2D eigenvalue weighted by Crippen LogP contribution is -2.40. The second-order valence-corrected chi connectivity index (χ2v) is 11.0. The number of aromatic nitrogens is 2. The number of carbonyl (C=O) groups is 1. The molecule has 5 rings (SSSR count). The van der Waals surface area contributed by atoms with Gasteiger partial charge in [0, 0.05) is 35.2 Å². The van der Waals surface area contributed by atoms with Crippen molar-refractivity contribution < 1.29 is 19.5 Å². The maximum atomic E-state index is 11.3. The van der Waals surface area contributed by atoms with Crippen LogP contribution in [-0.4, -0.2) is 50.9 Å². The number of aliphatic carboxylic acids is 1. The largest absolute Gasteiger partial charge is 0.481 e. The first-order chi connectivity index (χ1) is 18.4. The number of likely N-dealkylation sites (tertiary alicyclic amines) is 1. The van der Waals surface area contributed by atoms with Gasteiger partial charge in [0.05, 0.1) is 12.0 Å². The van der Waals surface area contributed by atoms with Crippen LogP contribution in [-0.2, 0) is 10.2 Å². The van der Waals surface area contributed by atoms with Gasteiger partial charge in [-0.15, -0.1) is 0 Å². The summed E-state index contributed by atoms with van der Waals surface area (Å²) in [5.41, 5.74) is 2.78. The number of piperidine rings is 1. The number of aliphatic hydroxyl groups excluding tert-OH is 1. The minimum Gasteiger partial charge on any atom is -0.481 e. The molecule has 2 heterocycles. The zero-order chi connectivity index (χ0) is 26.5. The molecule has 1 saturated heterocycles. The summed E-state index contributed by atoms with van der Waals surface area (Å²) in [6.07, 6.45) is 10.7. The average molecular weight is 536 g/mol. The van der Waals surface area contributed by atoms with Gasteiger partial charge in [-0.2, -0.15) is 4.98 Å². The molecule has 1 aromatic heterocycles. The maximum Gasteiger partial charge on any atom is 0.307 e. The van der Waals surface area contributed by atoms with E-state index in [0.29, 0.717) is 31.2 Å². The minimum atomic E-state index is -0.762. The normalized spacial score (nSPS) is 20.9. The van der Waals surface area contributed by atoms with Gasteiger partial charge in [-0.3, -0.25) is 9.69 Å². The molecule has 38 heavy (non-hydrogen) atoms. The third-order valence-corrected chi connectivity index (χ3v) is 8.24. The quantitative estimate of drug-likeness (QED) is 0.357. The molecule has 1 saturated carbocycles. The maximum absolute atomic E-state index is 11.3. The Labute approximate surface area is 228 Å². The Morgan fingerprint density at radius 3 is 2.55 bits per heavy atom. The van der Waals surface area contributed by atoms with Crippen molar-refractivity contribution in [3.63, 3.8) is 0 Å². The summed E-state index contributed by atoms with van der Waals surface area (Å²) in [4.78, 5) is 17.9. The van der Waals surface area contributed by atoms with Crippen molar-refractivity contribution in [2.75, 3.05) is 19.6 Å². The molecule has 8 heteroatoms. The standard InChI is InChI=1S/C30H34ClN3O4/c31-25-12-10-24(11-13-25)30(15-2-1-3-16-30)17-14-27-32-28(33-38-27)22-8-6-21(7-9-22)26(35)20-34-18-4-5-23(19-34)29(36)37/h6-14,17,23,26,35H,1-5,15-16,18-20H2,(H,36,37)/t23-,26?/m0/s1. The lowest BCUT2D eigenvalue weighted by molar-refractivity contribution is -0.143. The van der Waals surface area contributed by atoms with Crippen molar-refractivity contribution in [1.29, 1.82) is 0 Å². The molecule has 0 spiro atoms. The van der Waals surface area contributed by atoms with E-state index in [4.69, 9.17) is 16.1 Å². The van der Waals surface area contributed by atoms with Gasteiger partial charge in [0.2, 0.25) is 5.82 Å². The van der Waals surface area contributed by atoms with E-state index >= 15 is 0 Å². The Kier molecular flexibility index (Phi) is 8.27. The summed E-state index contributed by atoms with van der Waals surface area (Å²) in [5.74, 6) is -0.169. The molecule has 1 unspecified atom stereocenters. The fraction of sp³-hybridized carbons (Fsp3) is 0.433. The van der Waals surface area contributed by atoms with Crippen LogP contribution in [0.15, 0.2) is 59.1 Å². The number of halogens is 1. The van der Waals surface area contributed by atoms with Crippen LogP contribution in [0.5, 0.6) is 0 Å². The fourth-order valence-corrected chi connectivity index (χ4v) is 5.92. The van der Waals surface area contributed by atoms with Crippen LogP contribution < -0.4 is 0 Å². The van der Waals surface area contributed by atoms with Crippen LogP contribution >= 0.6 is 11.6 Å². The SMILES string of the molecule is O=C(O)[C@H]1CCCN(CC(O)c2ccc(-c3noc(C=CC4(c5ccc(Cl)cc5)CCCCC4)n3)cc2)C1. The van der Waals surface area contributed by atoms with Crippen LogP contribution in [0, 0.1) is 5.92 Å². The first kappa shape index (κ1) is 26.6. The highest BCUT2D eigenvalue weighted by molar-refractivity contribution is 6.30. The summed E-state index contributed by atoms with van der Waals surface area (Å²) in [5, 5.41) is 24.9. The van der Waals surface area contributed by atoms with E-state index in [1.807, 2.05) is 47.4 Å². The van der Waals surface area contributed by atoms with E-state index < -0.39 is 12.1 Å². The number of hydrogen-bond acceptors (Lipinski definition) is 6. The highest BCUT2D eigenvalue weighted by Crippen LogP contribution is 2.41. The van der Waals surface area contributed by atoms with E-state index in [1.54, 1.807) is 0 Å². The Bertz CT molecular complexity index is 1250. The Balaban J connectivity index is 1.25. The molecule has 200 valence electrons. The Morgan fingerprint density at radius 1 is 1.11 bits per heavy atom. The summed E-state index contributed by atoms with van der Waals surface area (Å²) in [7, 11) is 0. The molecule has 7 nitrogen and oxygen atoms in total. The fourth-order valence-electron chi connectivity index (χ4n) is 5.79. The topological polar surface area (TPSA) is 99.7 Å². The average Bonchev–Trinajstić information content (AvgIpc) is 3.42. The van der Waals surface area contributed by atoms with Gasteiger partial charge >= 0.3 is 5.97 Å². The molecule has 2 aliphatic rings. The first-order valence-corrected chi connectivity index (χ1v) is 13.8. The monoisotopic (exact) mass is 535 g/mol. The van der Waals surface area contributed by atoms with Crippen LogP contribution in [0.4, 0.5) is 0 Å². The Hall–Kier alpha value is -3.00. The number of carboxylic acid groups (broad SMARTS) is 1. The predicted molar refractivity (Wildman–Crippen MR) is 147 cm³/mol. The number of allylic oxidation sites excluding steroid dienone is 1. The number of benzene rings is 2. The molecule has 0 bridgehead atoms. The van der Waals surface area contributed by atoms with Gasteiger partial charge < -0.3 is 14.7 Å². The number of nitrogens with zero attached hydrogens (tertiary/aromatic N) is 3. The molecular weight excluding hydrogens is 502 g/mol. The van der Waals surface area contributed by atoms with Crippen molar-refractivity contribution in [3.05, 3.63) is 76.6 Å². The van der Waals surface area contributed by atoms with Gasteiger partial charge in [-0.05, 0) is 55.5 Å². The minimum absolute atomic E-state index is 0.0614. The van der Waals surface area contributed by atoms with Crippen molar-refractivity contribution in [3.8, 4) is 11.4 Å². The van der Waals surface area contributed by atoms with Crippen molar-refractivity contribution >= 4 is 23.6 Å². The zero-order valence-electron chi connectivity index (χ0n) is 21.4. The van der Waals surface area contributed by atoms with Gasteiger partial charge in [0.1, 0.15) is 0 Å². The second kappa shape index (κ2) is 11.8. The molecule has 0 amide bonds. The molecule has 2 aromatic carbocycles. The number of carboxylic acids is 1. The number of hydrogen-bond donors (Lipinski definition) is 2. The van der Waals surface area contributed by atoms with Crippen LogP contribution in [0.2, 0.25) is 5.02 Å². The molecule has 2 atom stereocenters. The summed E-state index contributed by atoms with van der Waals surface area (Å²) >= 11 is 6.13. The molecule has 0 radical (unpaired) electrons. The van der Waals surface area contributed by atoms with E-state index in [2.05, 4.69) is 28.3 Å². The number of aliphatic hydroxyl groups is 1.